The molecule has 0 radical (unpaired) electrons. The summed E-state index contributed by atoms with van der Waals surface area (Å²) >= 11 is -5.24. The molecule has 0 spiro atoms. The van der Waals surface area contributed by atoms with Gasteiger partial charge in [0.1, 0.15) is 5.70 Å². The number of urea groups is 1. The first kappa shape index (κ1) is 12.5. The van der Waals surface area contributed by atoms with Crippen LogP contribution in [0.1, 0.15) is 5.56 Å². The molecule has 0 unspecified atom stereocenters. The van der Waals surface area contributed by atoms with E-state index in [9.17, 15) is 21.2 Å². The lowest BCUT2D eigenvalue weighted by Crippen LogP contribution is -2.22. The van der Waals surface area contributed by atoms with E-state index in [2.05, 4.69) is 5.32 Å². The molecule has 0 aliphatic carbocycles. The lowest BCUT2D eigenvalue weighted by Gasteiger charge is -2.09. The van der Waals surface area contributed by atoms with E-state index in [-0.39, 0.29) is 5.70 Å². The van der Waals surface area contributed by atoms with Crippen molar-refractivity contribution in [1.82, 2.24) is 10.6 Å². The number of halogens is 3. The molecule has 1 aromatic carbocycles. The van der Waals surface area contributed by atoms with Crippen molar-refractivity contribution in [2.75, 3.05) is 0 Å². The van der Waals surface area contributed by atoms with Crippen LogP contribution in [0.2, 0.25) is 0 Å². The average molecular weight is 276 g/mol. The zero-order valence-electron chi connectivity index (χ0n) is 8.75. The highest BCUT2D eigenvalue weighted by molar-refractivity contribution is 8.20. The van der Waals surface area contributed by atoms with Crippen molar-refractivity contribution in [3.8, 4) is 0 Å². The van der Waals surface area contributed by atoms with Gasteiger partial charge in [-0.15, -0.1) is 11.7 Å². The Morgan fingerprint density at radius 2 is 1.61 bits per heavy atom. The SMILES string of the molecule is O=C1NC(=O)/C(=C/c2ccc(S(F)(F)F)cc2)N1. The number of carbonyl (C=O) groups is 2. The lowest BCUT2D eigenvalue weighted by molar-refractivity contribution is -0.115. The molecule has 18 heavy (non-hydrogen) atoms. The van der Waals surface area contributed by atoms with E-state index in [1.165, 1.54) is 18.2 Å². The number of amides is 3. The van der Waals surface area contributed by atoms with E-state index in [4.69, 9.17) is 0 Å². The Morgan fingerprint density at radius 1 is 1.00 bits per heavy atom. The zero-order chi connectivity index (χ0) is 13.3. The van der Waals surface area contributed by atoms with Crippen LogP contribution >= 0.6 is 11.2 Å². The highest BCUT2D eigenvalue weighted by Gasteiger charge is 2.24. The summed E-state index contributed by atoms with van der Waals surface area (Å²) < 4.78 is 37.2. The van der Waals surface area contributed by atoms with Crippen LogP contribution in [-0.2, 0) is 4.79 Å². The highest BCUT2D eigenvalue weighted by atomic mass is 32.3. The van der Waals surface area contributed by atoms with Gasteiger partial charge in [-0.2, -0.15) is 0 Å². The van der Waals surface area contributed by atoms with Crippen molar-refractivity contribution < 1.29 is 21.2 Å². The van der Waals surface area contributed by atoms with Gasteiger partial charge in [0.15, 0.2) is 0 Å². The minimum Gasteiger partial charge on any atom is -0.303 e. The van der Waals surface area contributed by atoms with E-state index in [0.29, 0.717) is 5.56 Å². The second-order valence-electron chi connectivity index (χ2n) is 3.44. The summed E-state index contributed by atoms with van der Waals surface area (Å²) in [6, 6.07) is 3.70. The molecule has 96 valence electrons. The Bertz CT molecular complexity index is 537. The van der Waals surface area contributed by atoms with Gasteiger partial charge in [-0.3, -0.25) is 10.1 Å². The van der Waals surface area contributed by atoms with Crippen LogP contribution in [0.15, 0.2) is 34.9 Å². The molecule has 1 saturated heterocycles. The molecule has 8 heteroatoms. The van der Waals surface area contributed by atoms with Gasteiger partial charge in [0, 0.05) is 0 Å². The predicted molar refractivity (Wildman–Crippen MR) is 60.3 cm³/mol. The number of rotatable bonds is 2. The largest absolute Gasteiger partial charge is 0.326 e. The first-order chi connectivity index (χ1) is 8.36. The van der Waals surface area contributed by atoms with Crippen LogP contribution in [0.4, 0.5) is 16.5 Å². The van der Waals surface area contributed by atoms with Crippen LogP contribution in [-0.4, -0.2) is 11.9 Å². The van der Waals surface area contributed by atoms with E-state index in [0.717, 1.165) is 12.1 Å². The third-order valence-corrected chi connectivity index (χ3v) is 2.98. The average Bonchev–Trinajstić information content (AvgIpc) is 2.57. The minimum absolute atomic E-state index is 0.00658. The number of carbonyl (C=O) groups excluding carboxylic acids is 2. The quantitative estimate of drug-likeness (QED) is 0.644. The lowest BCUT2D eigenvalue weighted by atomic mass is 10.2. The first-order valence-electron chi connectivity index (χ1n) is 4.72. The van der Waals surface area contributed by atoms with Crippen LogP contribution in [0.5, 0.6) is 0 Å². The number of benzene rings is 1. The summed E-state index contributed by atoms with van der Waals surface area (Å²) in [5.74, 6) is -0.606. The van der Waals surface area contributed by atoms with Gasteiger partial charge >= 0.3 is 6.03 Å². The molecule has 0 atom stereocenters. The highest BCUT2D eigenvalue weighted by Crippen LogP contribution is 2.60. The zero-order valence-corrected chi connectivity index (χ0v) is 9.56. The van der Waals surface area contributed by atoms with Crippen molar-refractivity contribution >= 4 is 29.2 Å². The molecule has 2 N–H and O–H groups in total. The number of hydrogen-bond acceptors (Lipinski definition) is 2. The maximum atomic E-state index is 12.4. The molecular weight excluding hydrogens is 269 g/mol. The van der Waals surface area contributed by atoms with E-state index in [1.807, 2.05) is 5.32 Å². The molecule has 4 nitrogen and oxygen atoms in total. The van der Waals surface area contributed by atoms with Crippen molar-refractivity contribution in [2.45, 2.75) is 4.90 Å². The Kier molecular flexibility index (Phi) is 3.04. The molecule has 1 aliphatic heterocycles. The molecular formula is C10H7F3N2O2S. The van der Waals surface area contributed by atoms with E-state index >= 15 is 0 Å². The Morgan fingerprint density at radius 3 is 2.06 bits per heavy atom. The summed E-state index contributed by atoms with van der Waals surface area (Å²) in [6.45, 7) is 0. The molecule has 1 heterocycles. The summed E-state index contributed by atoms with van der Waals surface area (Å²) in [5.41, 5.74) is 0.404. The van der Waals surface area contributed by atoms with Gasteiger partial charge in [-0.25, -0.2) is 4.79 Å². The fourth-order valence-corrected chi connectivity index (χ4v) is 1.81. The molecule has 1 aliphatic rings. The van der Waals surface area contributed by atoms with Gasteiger partial charge < -0.3 is 5.32 Å². The van der Waals surface area contributed by atoms with Crippen molar-refractivity contribution in [1.29, 1.82) is 0 Å². The number of imide groups is 1. The summed E-state index contributed by atoms with van der Waals surface area (Å²) in [4.78, 5) is 21.3. The van der Waals surface area contributed by atoms with Crippen molar-refractivity contribution in [2.24, 2.45) is 0 Å². The molecule has 2 rings (SSSR count). The molecule has 0 aromatic heterocycles. The summed E-state index contributed by atoms with van der Waals surface area (Å²) in [6.07, 6.45) is 1.30. The third kappa shape index (κ3) is 2.65. The standard InChI is InChI=1S/C10H7F3N2O2S/c11-18(12,13)7-3-1-6(2-4-7)5-8-9(16)15-10(17)14-8/h1-5H,(H2,14,15,16,17)/b8-5-. The van der Waals surface area contributed by atoms with Crippen LogP contribution < -0.4 is 10.6 Å². The van der Waals surface area contributed by atoms with Crippen molar-refractivity contribution in [3.63, 3.8) is 0 Å². The fourth-order valence-electron chi connectivity index (χ4n) is 1.37. The van der Waals surface area contributed by atoms with E-state index in [1.54, 1.807) is 0 Å². The van der Waals surface area contributed by atoms with Crippen LogP contribution in [0.25, 0.3) is 6.08 Å². The van der Waals surface area contributed by atoms with Gasteiger partial charge in [-0.05, 0) is 23.8 Å². The molecule has 0 saturated carbocycles. The second-order valence-corrected chi connectivity index (χ2v) is 4.73. The van der Waals surface area contributed by atoms with Crippen LogP contribution in [0.3, 0.4) is 0 Å². The normalized spacial score (nSPS) is 18.7. The predicted octanol–water partition coefficient (Wildman–Crippen LogP) is 2.68. The molecule has 0 bridgehead atoms. The molecule has 1 fully saturated rings. The number of hydrogen-bond donors (Lipinski definition) is 2. The second kappa shape index (κ2) is 4.37. The minimum atomic E-state index is -5.24. The van der Waals surface area contributed by atoms with Crippen molar-refractivity contribution in [3.05, 3.63) is 35.5 Å². The smallest absolute Gasteiger partial charge is 0.303 e. The first-order valence-corrected chi connectivity index (χ1v) is 6.06. The molecule has 1 aromatic rings. The number of nitrogens with one attached hydrogen (secondary N) is 2. The summed E-state index contributed by atoms with van der Waals surface area (Å²) in [7, 11) is 0. The summed E-state index contributed by atoms with van der Waals surface area (Å²) in [5, 5.41) is 4.23. The van der Waals surface area contributed by atoms with Gasteiger partial charge in [-0.1, -0.05) is 12.1 Å². The van der Waals surface area contributed by atoms with Gasteiger partial charge in [0.05, 0.1) is 4.90 Å². The van der Waals surface area contributed by atoms with Gasteiger partial charge in [0.25, 0.3) is 5.91 Å². The van der Waals surface area contributed by atoms with Gasteiger partial charge in [0.2, 0.25) is 11.2 Å². The topological polar surface area (TPSA) is 58.2 Å². The molecule has 3 amide bonds. The van der Waals surface area contributed by atoms with Crippen LogP contribution in [0, 0.1) is 0 Å². The third-order valence-electron chi connectivity index (χ3n) is 2.18. The monoisotopic (exact) mass is 276 g/mol. The Labute approximate surface area is 102 Å². The fraction of sp³-hybridized carbons (Fsp3) is 0. The van der Waals surface area contributed by atoms with E-state index < -0.39 is 28.0 Å². The maximum Gasteiger partial charge on any atom is 0.326 e. The Hall–Kier alpha value is -1.96. The Balaban J connectivity index is 2.24. The maximum absolute atomic E-state index is 12.4.